The number of hydrogen-bond acceptors (Lipinski definition) is 3. The molecule has 1 nitrogen and oxygen atoms in total. The van der Waals surface area contributed by atoms with E-state index in [1.54, 1.807) is 11.3 Å². The first-order chi connectivity index (χ1) is 9.15. The molecule has 2 aromatic rings. The highest BCUT2D eigenvalue weighted by Gasteiger charge is 2.04. The van der Waals surface area contributed by atoms with Gasteiger partial charge in [-0.1, -0.05) is 53.7 Å². The largest absolute Gasteiger partial charge is 0.312 e. The van der Waals surface area contributed by atoms with Crippen LogP contribution in [0.25, 0.3) is 0 Å². The smallest absolute Gasteiger partial charge is 0.0646 e. The van der Waals surface area contributed by atoms with Crippen molar-refractivity contribution < 1.29 is 0 Å². The third-order valence-electron chi connectivity index (χ3n) is 2.61. The summed E-state index contributed by atoms with van der Waals surface area (Å²) in [6, 6.07) is 10.8. The number of thiophene rings is 1. The summed E-state index contributed by atoms with van der Waals surface area (Å²) in [5.41, 5.74) is 1.32. The molecular weight excluding hydrogens is 338 g/mol. The Balaban J connectivity index is 1.96. The number of rotatable bonds is 6. The molecule has 2 rings (SSSR count). The van der Waals surface area contributed by atoms with E-state index in [0.717, 1.165) is 13.1 Å². The van der Waals surface area contributed by atoms with E-state index in [2.05, 4.69) is 70.8 Å². The quantitative estimate of drug-likeness (QED) is 0.743. The third-order valence-corrected chi connectivity index (χ3v) is 5.37. The van der Waals surface area contributed by atoms with Gasteiger partial charge in [-0.25, -0.2) is 0 Å². The summed E-state index contributed by atoms with van der Waals surface area (Å²) in [6.45, 7) is 6.42. The lowest BCUT2D eigenvalue weighted by Crippen LogP contribution is -2.19. The predicted octanol–water partition coefficient (Wildman–Crippen LogP) is 5.41. The summed E-state index contributed by atoms with van der Waals surface area (Å²) in [4.78, 5) is 1.28. The second kappa shape index (κ2) is 7.48. The average Bonchev–Trinajstić information content (AvgIpc) is 2.84. The number of hydrogen-bond donors (Lipinski definition) is 1. The maximum atomic E-state index is 3.67. The Hall–Kier alpha value is -0.290. The van der Waals surface area contributed by atoms with Gasteiger partial charge in [0.2, 0.25) is 0 Å². The van der Waals surface area contributed by atoms with Crippen LogP contribution in [0.5, 0.6) is 0 Å². The molecule has 0 aliphatic carbocycles. The van der Waals surface area contributed by atoms with Crippen molar-refractivity contribution >= 4 is 39.0 Å². The molecule has 19 heavy (non-hydrogen) atoms. The SMILES string of the molecule is CC(C)CNCc1ccc(Sc2cccs2)cc1Br. The van der Waals surface area contributed by atoms with Gasteiger partial charge in [0, 0.05) is 15.9 Å². The zero-order valence-electron chi connectivity index (χ0n) is 11.2. The third kappa shape index (κ3) is 4.95. The Kier molecular flexibility index (Phi) is 5.95. The van der Waals surface area contributed by atoms with Crippen molar-refractivity contribution in [1.82, 2.24) is 5.32 Å². The molecule has 0 aliphatic heterocycles. The number of nitrogens with one attached hydrogen (secondary N) is 1. The molecule has 1 N–H and O–H groups in total. The molecule has 0 bridgehead atoms. The monoisotopic (exact) mass is 355 g/mol. The van der Waals surface area contributed by atoms with Gasteiger partial charge in [0.15, 0.2) is 0 Å². The van der Waals surface area contributed by atoms with Crippen molar-refractivity contribution in [3.05, 3.63) is 45.7 Å². The fraction of sp³-hybridized carbons (Fsp3) is 0.333. The second-order valence-corrected chi connectivity index (χ2v) is 7.99. The summed E-state index contributed by atoms with van der Waals surface area (Å²) < 4.78 is 2.52. The molecule has 0 atom stereocenters. The molecule has 0 unspecified atom stereocenters. The van der Waals surface area contributed by atoms with E-state index in [0.29, 0.717) is 5.92 Å². The minimum atomic E-state index is 0.687. The first-order valence-electron chi connectivity index (χ1n) is 6.35. The van der Waals surface area contributed by atoms with Gasteiger partial charge < -0.3 is 5.32 Å². The molecule has 1 heterocycles. The Morgan fingerprint density at radius 2 is 2.16 bits per heavy atom. The lowest BCUT2D eigenvalue weighted by atomic mass is 10.2. The van der Waals surface area contributed by atoms with E-state index < -0.39 is 0 Å². The highest BCUT2D eigenvalue weighted by Crippen LogP contribution is 2.33. The second-order valence-electron chi connectivity index (χ2n) is 4.81. The molecule has 0 amide bonds. The Morgan fingerprint density at radius 1 is 1.32 bits per heavy atom. The summed E-state index contributed by atoms with van der Waals surface area (Å²) in [7, 11) is 0. The van der Waals surface area contributed by atoms with E-state index in [4.69, 9.17) is 0 Å². The summed E-state index contributed by atoms with van der Waals surface area (Å²) >= 11 is 7.26. The van der Waals surface area contributed by atoms with Crippen molar-refractivity contribution in [1.29, 1.82) is 0 Å². The summed E-state index contributed by atoms with van der Waals surface area (Å²) in [6.07, 6.45) is 0. The van der Waals surface area contributed by atoms with Crippen molar-refractivity contribution in [2.24, 2.45) is 5.92 Å². The van der Waals surface area contributed by atoms with E-state index in [1.165, 1.54) is 19.1 Å². The molecule has 0 fully saturated rings. The van der Waals surface area contributed by atoms with Crippen LogP contribution in [0.3, 0.4) is 0 Å². The van der Waals surface area contributed by atoms with Gasteiger partial charge >= 0.3 is 0 Å². The van der Waals surface area contributed by atoms with E-state index in [-0.39, 0.29) is 0 Å². The molecule has 0 radical (unpaired) electrons. The number of benzene rings is 1. The minimum Gasteiger partial charge on any atom is -0.312 e. The normalized spacial score (nSPS) is 11.2. The van der Waals surface area contributed by atoms with E-state index in [1.807, 2.05) is 11.8 Å². The molecule has 0 saturated carbocycles. The van der Waals surface area contributed by atoms with Crippen molar-refractivity contribution in [3.8, 4) is 0 Å². The molecule has 1 aromatic heterocycles. The fourth-order valence-electron chi connectivity index (χ4n) is 1.67. The van der Waals surface area contributed by atoms with Gasteiger partial charge in [0.25, 0.3) is 0 Å². The van der Waals surface area contributed by atoms with Gasteiger partial charge in [-0.15, -0.1) is 11.3 Å². The van der Waals surface area contributed by atoms with Gasteiger partial charge in [0.1, 0.15) is 0 Å². The van der Waals surface area contributed by atoms with Crippen LogP contribution in [0, 0.1) is 5.92 Å². The first kappa shape index (κ1) is 15.1. The van der Waals surface area contributed by atoms with Crippen LogP contribution in [-0.4, -0.2) is 6.54 Å². The van der Waals surface area contributed by atoms with E-state index in [9.17, 15) is 0 Å². The topological polar surface area (TPSA) is 12.0 Å². The zero-order valence-corrected chi connectivity index (χ0v) is 14.4. The number of halogens is 1. The molecular formula is C15H18BrNS2. The molecule has 1 aromatic carbocycles. The van der Waals surface area contributed by atoms with Crippen LogP contribution >= 0.6 is 39.0 Å². The van der Waals surface area contributed by atoms with Crippen LogP contribution in [0.1, 0.15) is 19.4 Å². The van der Waals surface area contributed by atoms with Crippen LogP contribution < -0.4 is 5.32 Å². The molecule has 4 heteroatoms. The first-order valence-corrected chi connectivity index (χ1v) is 8.84. The zero-order chi connectivity index (χ0) is 13.7. The average molecular weight is 356 g/mol. The Morgan fingerprint density at radius 3 is 2.79 bits per heavy atom. The molecule has 0 aliphatic rings. The van der Waals surface area contributed by atoms with Crippen LogP contribution in [0.2, 0.25) is 0 Å². The molecule has 0 spiro atoms. The lowest BCUT2D eigenvalue weighted by molar-refractivity contribution is 0.551. The van der Waals surface area contributed by atoms with Crippen LogP contribution in [0.15, 0.2) is 49.3 Å². The molecule has 0 saturated heterocycles. The van der Waals surface area contributed by atoms with Crippen molar-refractivity contribution in [2.45, 2.75) is 29.5 Å². The summed E-state index contributed by atoms with van der Waals surface area (Å²) in [5.74, 6) is 0.687. The lowest BCUT2D eigenvalue weighted by Gasteiger charge is -2.10. The molecule has 102 valence electrons. The van der Waals surface area contributed by atoms with Gasteiger partial charge in [-0.3, -0.25) is 0 Å². The maximum absolute atomic E-state index is 3.67. The van der Waals surface area contributed by atoms with Gasteiger partial charge in [-0.05, 0) is 41.6 Å². The van der Waals surface area contributed by atoms with Gasteiger partial charge in [-0.2, -0.15) is 0 Å². The highest BCUT2D eigenvalue weighted by atomic mass is 79.9. The Labute approximate surface area is 131 Å². The van der Waals surface area contributed by atoms with E-state index >= 15 is 0 Å². The van der Waals surface area contributed by atoms with Gasteiger partial charge in [0.05, 0.1) is 4.21 Å². The van der Waals surface area contributed by atoms with Crippen LogP contribution in [0.4, 0.5) is 0 Å². The van der Waals surface area contributed by atoms with Crippen molar-refractivity contribution in [3.63, 3.8) is 0 Å². The van der Waals surface area contributed by atoms with Crippen LogP contribution in [-0.2, 0) is 6.54 Å². The Bertz CT molecular complexity index is 509. The minimum absolute atomic E-state index is 0.687. The fourth-order valence-corrected chi connectivity index (χ4v) is 4.13. The van der Waals surface area contributed by atoms with Crippen molar-refractivity contribution in [2.75, 3.05) is 6.54 Å². The highest BCUT2D eigenvalue weighted by molar-refractivity contribution is 9.10. The maximum Gasteiger partial charge on any atom is 0.0646 e. The predicted molar refractivity (Wildman–Crippen MR) is 89.1 cm³/mol. The standard InChI is InChI=1S/C15H18BrNS2/c1-11(2)9-17-10-12-5-6-13(8-14(12)16)19-15-4-3-7-18-15/h3-8,11,17H,9-10H2,1-2H3. The summed E-state index contributed by atoms with van der Waals surface area (Å²) in [5, 5.41) is 5.58.